The molecule has 2 N–H and O–H groups in total. The van der Waals surface area contributed by atoms with Crippen LogP contribution in [-0.2, 0) is 4.79 Å². The number of ether oxygens (including phenoxy) is 1. The molecule has 0 aliphatic rings. The van der Waals surface area contributed by atoms with Gasteiger partial charge in [0.1, 0.15) is 11.6 Å². The summed E-state index contributed by atoms with van der Waals surface area (Å²) >= 11 is 0. The van der Waals surface area contributed by atoms with Crippen molar-refractivity contribution in [1.29, 1.82) is 0 Å². The van der Waals surface area contributed by atoms with Crippen molar-refractivity contribution in [2.24, 2.45) is 0 Å². The number of nitrogens with zero attached hydrogens (tertiary/aromatic N) is 1. The van der Waals surface area contributed by atoms with Crippen LogP contribution in [0.5, 0.6) is 5.75 Å². The lowest BCUT2D eigenvalue weighted by molar-refractivity contribution is -0.118. The number of halogens is 3. The quantitative estimate of drug-likeness (QED) is 0.609. The van der Waals surface area contributed by atoms with Crippen molar-refractivity contribution in [3.05, 3.63) is 77.7 Å². The summed E-state index contributed by atoms with van der Waals surface area (Å²) in [5, 5.41) is 5.15. The summed E-state index contributed by atoms with van der Waals surface area (Å²) in [6.45, 7) is 1.76. The van der Waals surface area contributed by atoms with E-state index in [0.717, 1.165) is 17.7 Å². The van der Waals surface area contributed by atoms with Crippen molar-refractivity contribution >= 4 is 23.1 Å². The van der Waals surface area contributed by atoms with Crippen molar-refractivity contribution in [1.82, 2.24) is 4.98 Å². The van der Waals surface area contributed by atoms with Crippen LogP contribution in [0.15, 0.2) is 54.7 Å². The molecule has 5 nitrogen and oxygen atoms in total. The fourth-order valence-corrected chi connectivity index (χ4v) is 2.28. The molecule has 144 valence electrons. The minimum atomic E-state index is -1.56. The first-order valence-electron chi connectivity index (χ1n) is 8.28. The molecule has 0 radical (unpaired) electrons. The fraction of sp³-hybridized carbons (Fsp3) is 0.100. The molecule has 0 aliphatic carbocycles. The highest BCUT2D eigenvalue weighted by atomic mass is 19.2. The summed E-state index contributed by atoms with van der Waals surface area (Å²) in [7, 11) is 0. The molecule has 0 unspecified atom stereocenters. The van der Waals surface area contributed by atoms with E-state index in [-0.39, 0.29) is 18.1 Å². The van der Waals surface area contributed by atoms with Crippen LogP contribution in [0.1, 0.15) is 5.56 Å². The maximum absolute atomic E-state index is 13.7. The Balaban J connectivity index is 1.56. The molecule has 0 fully saturated rings. The van der Waals surface area contributed by atoms with Crippen LogP contribution >= 0.6 is 0 Å². The molecule has 0 saturated heterocycles. The molecule has 0 saturated carbocycles. The van der Waals surface area contributed by atoms with Gasteiger partial charge in [0.05, 0.1) is 17.6 Å². The summed E-state index contributed by atoms with van der Waals surface area (Å²) < 4.78 is 45.3. The molecule has 1 heterocycles. The third-order valence-corrected chi connectivity index (χ3v) is 3.74. The molecule has 0 atom stereocenters. The summed E-state index contributed by atoms with van der Waals surface area (Å²) in [5.74, 6) is -3.73. The number of hydrogen-bond donors (Lipinski definition) is 2. The molecular weight excluding hydrogens is 371 g/mol. The molecule has 28 heavy (non-hydrogen) atoms. The number of carbonyl (C=O) groups is 1. The van der Waals surface area contributed by atoms with E-state index in [0.29, 0.717) is 11.4 Å². The van der Waals surface area contributed by atoms with Gasteiger partial charge in [-0.05, 0) is 43.3 Å². The standard InChI is InChI=1S/C20H16F3N3O2/c1-12-2-5-14(6-3-12)28-11-18(27)26-17-9-4-13(10-24-17)25-16-8-7-15(21)19(22)20(16)23/h2-10,25H,11H2,1H3,(H,24,26,27). The molecule has 0 bridgehead atoms. The normalized spacial score (nSPS) is 10.4. The van der Waals surface area contributed by atoms with E-state index in [2.05, 4.69) is 15.6 Å². The average molecular weight is 387 g/mol. The molecule has 3 rings (SSSR count). The van der Waals surface area contributed by atoms with E-state index >= 15 is 0 Å². The highest BCUT2D eigenvalue weighted by Gasteiger charge is 2.13. The first-order valence-corrected chi connectivity index (χ1v) is 8.28. The van der Waals surface area contributed by atoms with Crippen LogP contribution in [0.4, 0.5) is 30.4 Å². The Kier molecular flexibility index (Phi) is 5.78. The summed E-state index contributed by atoms with van der Waals surface area (Å²) in [6.07, 6.45) is 1.32. The Morgan fingerprint density at radius 1 is 1.00 bits per heavy atom. The highest BCUT2D eigenvalue weighted by molar-refractivity contribution is 5.91. The van der Waals surface area contributed by atoms with Crippen LogP contribution in [-0.4, -0.2) is 17.5 Å². The molecule has 8 heteroatoms. The molecule has 1 aromatic heterocycles. The molecular formula is C20H16F3N3O2. The number of nitrogens with one attached hydrogen (secondary N) is 2. The minimum Gasteiger partial charge on any atom is -0.484 e. The maximum Gasteiger partial charge on any atom is 0.263 e. The second kappa shape index (κ2) is 8.43. The largest absolute Gasteiger partial charge is 0.484 e. The Morgan fingerprint density at radius 3 is 2.43 bits per heavy atom. The Labute approximate surface area is 159 Å². The van der Waals surface area contributed by atoms with Crippen molar-refractivity contribution in [3.8, 4) is 5.75 Å². The predicted molar refractivity (Wildman–Crippen MR) is 99.1 cm³/mol. The van der Waals surface area contributed by atoms with Gasteiger partial charge in [-0.15, -0.1) is 0 Å². The summed E-state index contributed by atoms with van der Waals surface area (Å²) in [4.78, 5) is 15.9. The summed E-state index contributed by atoms with van der Waals surface area (Å²) in [6, 6.07) is 12.1. The van der Waals surface area contributed by atoms with Crippen LogP contribution in [0.2, 0.25) is 0 Å². The number of hydrogen-bond acceptors (Lipinski definition) is 4. The number of aromatic nitrogens is 1. The number of carbonyl (C=O) groups excluding carboxylic acids is 1. The molecule has 1 amide bonds. The van der Waals surface area contributed by atoms with Gasteiger partial charge in [-0.1, -0.05) is 17.7 Å². The SMILES string of the molecule is Cc1ccc(OCC(=O)Nc2ccc(Nc3ccc(F)c(F)c3F)cn2)cc1. The van der Waals surface area contributed by atoms with Gasteiger partial charge in [-0.3, -0.25) is 4.79 Å². The van der Waals surface area contributed by atoms with Gasteiger partial charge in [0.2, 0.25) is 0 Å². The van der Waals surface area contributed by atoms with Gasteiger partial charge < -0.3 is 15.4 Å². The van der Waals surface area contributed by atoms with E-state index < -0.39 is 23.4 Å². The van der Waals surface area contributed by atoms with Gasteiger partial charge in [0.25, 0.3) is 5.91 Å². The highest BCUT2D eigenvalue weighted by Crippen LogP contribution is 2.23. The monoisotopic (exact) mass is 387 g/mol. The van der Waals surface area contributed by atoms with Crippen LogP contribution in [0.3, 0.4) is 0 Å². The van der Waals surface area contributed by atoms with E-state index in [4.69, 9.17) is 4.74 Å². The van der Waals surface area contributed by atoms with Crippen LogP contribution in [0.25, 0.3) is 0 Å². The van der Waals surface area contributed by atoms with Gasteiger partial charge >= 0.3 is 0 Å². The molecule has 0 spiro atoms. The third-order valence-electron chi connectivity index (χ3n) is 3.74. The van der Waals surface area contributed by atoms with E-state index in [1.54, 1.807) is 12.1 Å². The van der Waals surface area contributed by atoms with Crippen molar-refractivity contribution in [3.63, 3.8) is 0 Å². The van der Waals surface area contributed by atoms with Gasteiger partial charge in [-0.2, -0.15) is 0 Å². The Bertz CT molecular complexity index is 977. The van der Waals surface area contributed by atoms with Crippen molar-refractivity contribution in [2.75, 3.05) is 17.2 Å². The first kappa shape index (κ1) is 19.2. The second-order valence-electron chi connectivity index (χ2n) is 5.93. The second-order valence-corrected chi connectivity index (χ2v) is 5.93. The number of amides is 1. The van der Waals surface area contributed by atoms with E-state index in [1.165, 1.54) is 18.3 Å². The Morgan fingerprint density at radius 2 is 1.75 bits per heavy atom. The Hall–Kier alpha value is -3.55. The van der Waals surface area contributed by atoms with Gasteiger partial charge in [0, 0.05) is 0 Å². The van der Waals surface area contributed by atoms with E-state index in [9.17, 15) is 18.0 Å². The molecule has 3 aromatic rings. The number of aryl methyl sites for hydroxylation is 1. The average Bonchev–Trinajstić information content (AvgIpc) is 2.69. The number of rotatable bonds is 6. The zero-order valence-corrected chi connectivity index (χ0v) is 14.8. The number of pyridine rings is 1. The zero-order chi connectivity index (χ0) is 20.1. The zero-order valence-electron chi connectivity index (χ0n) is 14.8. The first-order chi connectivity index (χ1) is 13.4. The smallest absolute Gasteiger partial charge is 0.263 e. The van der Waals surface area contributed by atoms with Crippen molar-refractivity contribution in [2.45, 2.75) is 6.92 Å². The molecule has 0 aliphatic heterocycles. The molecule has 2 aromatic carbocycles. The summed E-state index contributed by atoms with van der Waals surface area (Å²) in [5.41, 5.74) is 1.18. The van der Waals surface area contributed by atoms with Gasteiger partial charge in [0.15, 0.2) is 24.1 Å². The minimum absolute atomic E-state index is 0.190. The predicted octanol–water partition coefficient (Wildman–Crippen LogP) is 4.57. The fourth-order valence-electron chi connectivity index (χ4n) is 2.28. The lowest BCUT2D eigenvalue weighted by Gasteiger charge is -2.10. The lowest BCUT2D eigenvalue weighted by Crippen LogP contribution is -2.20. The van der Waals surface area contributed by atoms with Crippen molar-refractivity contribution < 1.29 is 22.7 Å². The van der Waals surface area contributed by atoms with Crippen LogP contribution < -0.4 is 15.4 Å². The topological polar surface area (TPSA) is 63.2 Å². The van der Waals surface area contributed by atoms with E-state index in [1.807, 2.05) is 19.1 Å². The lowest BCUT2D eigenvalue weighted by atomic mass is 10.2. The third kappa shape index (κ3) is 4.79. The number of benzene rings is 2. The van der Waals surface area contributed by atoms with Crippen LogP contribution in [0, 0.1) is 24.4 Å². The van der Waals surface area contributed by atoms with Gasteiger partial charge in [-0.25, -0.2) is 18.2 Å². The number of anilines is 3. The maximum atomic E-state index is 13.7.